The Bertz CT molecular complexity index is 412. The van der Waals surface area contributed by atoms with Gasteiger partial charge in [0.15, 0.2) is 0 Å². The van der Waals surface area contributed by atoms with E-state index in [9.17, 15) is 4.79 Å². The van der Waals surface area contributed by atoms with E-state index >= 15 is 0 Å². The van der Waals surface area contributed by atoms with Crippen molar-refractivity contribution < 1.29 is 4.79 Å². The predicted molar refractivity (Wildman–Crippen MR) is 90.8 cm³/mol. The molecule has 1 atom stereocenters. The first-order valence-corrected chi connectivity index (χ1v) is 8.17. The molecule has 0 aliphatic heterocycles. The maximum absolute atomic E-state index is 12.1. The van der Waals surface area contributed by atoms with Crippen molar-refractivity contribution in [1.82, 2.24) is 5.32 Å². The fraction of sp³-hybridized carbons (Fsp3) is 0.611. The highest BCUT2D eigenvalue weighted by molar-refractivity contribution is 5.94. The second-order valence-electron chi connectivity index (χ2n) is 6.20. The Morgan fingerprint density at radius 2 is 1.76 bits per heavy atom. The number of anilines is 1. The molecule has 1 amide bonds. The van der Waals surface area contributed by atoms with Crippen LogP contribution in [0.2, 0.25) is 0 Å². The minimum Gasteiger partial charge on any atom is -0.385 e. The Morgan fingerprint density at radius 1 is 1.10 bits per heavy atom. The zero-order valence-corrected chi connectivity index (χ0v) is 13.9. The molecule has 1 rings (SSSR count). The molecule has 0 heterocycles. The van der Waals surface area contributed by atoms with Crippen LogP contribution in [0.15, 0.2) is 24.3 Å². The normalized spacial score (nSPS) is 12.2. The Hall–Kier alpha value is -1.51. The summed E-state index contributed by atoms with van der Waals surface area (Å²) >= 11 is 0. The van der Waals surface area contributed by atoms with Crippen molar-refractivity contribution in [1.29, 1.82) is 0 Å². The van der Waals surface area contributed by atoms with Crippen LogP contribution >= 0.6 is 0 Å². The summed E-state index contributed by atoms with van der Waals surface area (Å²) in [6, 6.07) is 7.93. The molecule has 21 heavy (non-hydrogen) atoms. The lowest BCUT2D eigenvalue weighted by Crippen LogP contribution is -2.32. The van der Waals surface area contributed by atoms with Crippen LogP contribution in [0.1, 0.15) is 63.7 Å². The van der Waals surface area contributed by atoms with E-state index in [1.807, 2.05) is 24.3 Å². The quantitative estimate of drug-likeness (QED) is 0.705. The molecule has 0 aliphatic rings. The van der Waals surface area contributed by atoms with Crippen LogP contribution < -0.4 is 10.6 Å². The average Bonchev–Trinajstić information content (AvgIpc) is 2.45. The van der Waals surface area contributed by atoms with Gasteiger partial charge in [-0.1, -0.05) is 33.6 Å². The lowest BCUT2D eigenvalue weighted by atomic mass is 10.0. The number of carbonyl (C=O) groups is 1. The second kappa shape index (κ2) is 9.43. The maximum Gasteiger partial charge on any atom is 0.251 e. The van der Waals surface area contributed by atoms with Crippen LogP contribution in [0.25, 0.3) is 0 Å². The summed E-state index contributed by atoms with van der Waals surface area (Å²) in [4.78, 5) is 12.1. The van der Waals surface area contributed by atoms with Gasteiger partial charge in [0.2, 0.25) is 0 Å². The van der Waals surface area contributed by atoms with Crippen LogP contribution in [-0.2, 0) is 0 Å². The highest BCUT2D eigenvalue weighted by Crippen LogP contribution is 2.11. The van der Waals surface area contributed by atoms with E-state index in [1.165, 1.54) is 12.8 Å². The Kier molecular flexibility index (Phi) is 7.88. The van der Waals surface area contributed by atoms with Gasteiger partial charge in [-0.25, -0.2) is 0 Å². The molecular formula is C18H30N2O. The molecule has 0 fully saturated rings. The van der Waals surface area contributed by atoms with Gasteiger partial charge >= 0.3 is 0 Å². The highest BCUT2D eigenvalue weighted by atomic mass is 16.1. The molecule has 0 aliphatic carbocycles. The molecule has 3 nitrogen and oxygen atoms in total. The number of benzene rings is 1. The van der Waals surface area contributed by atoms with Gasteiger partial charge in [-0.3, -0.25) is 4.79 Å². The van der Waals surface area contributed by atoms with Gasteiger partial charge < -0.3 is 10.6 Å². The van der Waals surface area contributed by atoms with Gasteiger partial charge in [0.25, 0.3) is 5.91 Å². The van der Waals surface area contributed by atoms with E-state index in [4.69, 9.17) is 0 Å². The largest absolute Gasteiger partial charge is 0.385 e. The lowest BCUT2D eigenvalue weighted by Gasteiger charge is -2.15. The molecule has 0 radical (unpaired) electrons. The summed E-state index contributed by atoms with van der Waals surface area (Å²) in [7, 11) is 0. The number of amides is 1. The average molecular weight is 290 g/mol. The van der Waals surface area contributed by atoms with Gasteiger partial charge in [-0.05, 0) is 49.9 Å². The Labute approximate surface area is 129 Å². The predicted octanol–water partition coefficient (Wildman–Crippen LogP) is 4.45. The number of nitrogens with one attached hydrogen (secondary N) is 2. The highest BCUT2D eigenvalue weighted by Gasteiger charge is 2.09. The van der Waals surface area contributed by atoms with Crippen LogP contribution in [0.5, 0.6) is 0 Å². The first kappa shape index (κ1) is 17.5. The van der Waals surface area contributed by atoms with Crippen molar-refractivity contribution in [3.8, 4) is 0 Å². The van der Waals surface area contributed by atoms with Gasteiger partial charge in [0.1, 0.15) is 0 Å². The number of rotatable bonds is 9. The zero-order chi connectivity index (χ0) is 15.7. The molecule has 1 aromatic carbocycles. The summed E-state index contributed by atoms with van der Waals surface area (Å²) in [6.45, 7) is 9.64. The van der Waals surface area contributed by atoms with E-state index in [-0.39, 0.29) is 11.9 Å². The topological polar surface area (TPSA) is 41.1 Å². The summed E-state index contributed by atoms with van der Waals surface area (Å²) in [5.74, 6) is 0.755. The standard InChI is InChI=1S/C18H30N2O/c1-5-13-19-17-11-9-16(10-12-17)18(21)20-15(4)8-6-7-14(2)3/h9-12,14-15,19H,5-8,13H2,1-4H3,(H,20,21). The van der Waals surface area contributed by atoms with E-state index in [1.54, 1.807) is 0 Å². The van der Waals surface area contributed by atoms with Crippen LogP contribution in [0.3, 0.4) is 0 Å². The minimum atomic E-state index is 0.0223. The maximum atomic E-state index is 12.1. The van der Waals surface area contributed by atoms with Crippen molar-refractivity contribution in [3.63, 3.8) is 0 Å². The van der Waals surface area contributed by atoms with Crippen molar-refractivity contribution >= 4 is 11.6 Å². The van der Waals surface area contributed by atoms with E-state index in [0.717, 1.165) is 36.6 Å². The minimum absolute atomic E-state index is 0.0223. The Morgan fingerprint density at radius 3 is 2.33 bits per heavy atom. The molecule has 0 bridgehead atoms. The third kappa shape index (κ3) is 7.16. The molecule has 0 aromatic heterocycles. The molecular weight excluding hydrogens is 260 g/mol. The van der Waals surface area contributed by atoms with Crippen LogP contribution in [-0.4, -0.2) is 18.5 Å². The molecule has 0 spiro atoms. The second-order valence-corrected chi connectivity index (χ2v) is 6.20. The summed E-state index contributed by atoms with van der Waals surface area (Å²) in [5.41, 5.74) is 1.80. The van der Waals surface area contributed by atoms with Crippen LogP contribution in [0, 0.1) is 5.92 Å². The molecule has 0 saturated carbocycles. The first-order chi connectivity index (χ1) is 10.0. The van der Waals surface area contributed by atoms with E-state index < -0.39 is 0 Å². The van der Waals surface area contributed by atoms with Crippen molar-refractivity contribution in [2.75, 3.05) is 11.9 Å². The van der Waals surface area contributed by atoms with E-state index in [2.05, 4.69) is 38.3 Å². The molecule has 1 unspecified atom stereocenters. The van der Waals surface area contributed by atoms with E-state index in [0.29, 0.717) is 0 Å². The summed E-state index contributed by atoms with van der Waals surface area (Å²) in [5, 5.41) is 6.38. The smallest absolute Gasteiger partial charge is 0.251 e. The molecule has 118 valence electrons. The Balaban J connectivity index is 2.40. The molecule has 0 saturated heterocycles. The molecule has 2 N–H and O–H groups in total. The molecule has 3 heteroatoms. The van der Waals surface area contributed by atoms with Crippen LogP contribution in [0.4, 0.5) is 5.69 Å². The zero-order valence-electron chi connectivity index (χ0n) is 13.9. The SMILES string of the molecule is CCCNc1ccc(C(=O)NC(C)CCCC(C)C)cc1. The lowest BCUT2D eigenvalue weighted by molar-refractivity contribution is 0.0938. The van der Waals surface area contributed by atoms with Gasteiger partial charge in [-0.15, -0.1) is 0 Å². The van der Waals surface area contributed by atoms with Crippen molar-refractivity contribution in [2.45, 2.75) is 59.4 Å². The number of hydrogen-bond donors (Lipinski definition) is 2. The van der Waals surface area contributed by atoms with Gasteiger partial charge in [-0.2, -0.15) is 0 Å². The summed E-state index contributed by atoms with van der Waals surface area (Å²) in [6.07, 6.45) is 4.52. The first-order valence-electron chi connectivity index (χ1n) is 8.17. The van der Waals surface area contributed by atoms with Gasteiger partial charge in [0.05, 0.1) is 0 Å². The molecule has 1 aromatic rings. The van der Waals surface area contributed by atoms with Gasteiger partial charge in [0, 0.05) is 23.8 Å². The van der Waals surface area contributed by atoms with Crippen molar-refractivity contribution in [2.24, 2.45) is 5.92 Å². The number of hydrogen-bond acceptors (Lipinski definition) is 2. The van der Waals surface area contributed by atoms with Crippen molar-refractivity contribution in [3.05, 3.63) is 29.8 Å². The number of carbonyl (C=O) groups excluding carboxylic acids is 1. The fourth-order valence-corrected chi connectivity index (χ4v) is 2.22. The third-order valence-corrected chi connectivity index (χ3v) is 3.52. The fourth-order valence-electron chi connectivity index (χ4n) is 2.22. The third-order valence-electron chi connectivity index (χ3n) is 3.52. The summed E-state index contributed by atoms with van der Waals surface area (Å²) < 4.78 is 0. The monoisotopic (exact) mass is 290 g/mol.